The summed E-state index contributed by atoms with van der Waals surface area (Å²) in [5.41, 5.74) is 1.32. The molecule has 19 heavy (non-hydrogen) atoms. The molecule has 5 nitrogen and oxygen atoms in total. The zero-order chi connectivity index (χ0) is 13.8. The van der Waals surface area contributed by atoms with Gasteiger partial charge < -0.3 is 14.8 Å². The van der Waals surface area contributed by atoms with Crippen LogP contribution in [0.4, 0.5) is 5.69 Å². The number of ether oxygens (including phenoxy) is 2. The van der Waals surface area contributed by atoms with Gasteiger partial charge in [0.25, 0.3) is 5.91 Å². The lowest BCUT2D eigenvalue weighted by atomic mass is 10.1. The van der Waals surface area contributed by atoms with E-state index in [1.165, 1.54) is 7.11 Å². The molecule has 0 aliphatic carbocycles. The molecule has 0 radical (unpaired) electrons. The molecule has 0 fully saturated rings. The van der Waals surface area contributed by atoms with Crippen molar-refractivity contribution in [2.24, 2.45) is 0 Å². The Morgan fingerprint density at radius 2 is 2.32 bits per heavy atom. The maximum Gasteiger partial charge on any atom is 0.309 e. The fraction of sp³-hybridized carbons (Fsp3) is 0.385. The molecule has 1 amide bonds. The van der Waals surface area contributed by atoms with Gasteiger partial charge in [0.1, 0.15) is 5.75 Å². The number of nitrogens with one attached hydrogen (secondary N) is 1. The Hall–Kier alpha value is -1.75. The minimum absolute atomic E-state index is 0.157. The molecule has 1 N–H and O–H groups in total. The van der Waals surface area contributed by atoms with Crippen LogP contribution in [0.2, 0.25) is 0 Å². The third-order valence-corrected chi connectivity index (χ3v) is 3.03. The Kier molecular flexibility index (Phi) is 4.27. The number of carbonyl (C=O) groups excluding carboxylic acids is 2. The Bertz CT molecular complexity index is 503. The zero-order valence-corrected chi connectivity index (χ0v) is 11.2. The summed E-state index contributed by atoms with van der Waals surface area (Å²) >= 11 is 5.61. The quantitative estimate of drug-likeness (QED) is 0.675. The molecule has 1 aromatic rings. The Morgan fingerprint density at radius 3 is 3.00 bits per heavy atom. The van der Waals surface area contributed by atoms with Crippen LogP contribution in [0.1, 0.15) is 12.0 Å². The number of halogens is 1. The lowest BCUT2D eigenvalue weighted by molar-refractivity contribution is -0.139. The molecule has 102 valence electrons. The fourth-order valence-electron chi connectivity index (χ4n) is 1.84. The van der Waals surface area contributed by atoms with Gasteiger partial charge in [0.05, 0.1) is 19.2 Å². The van der Waals surface area contributed by atoms with Gasteiger partial charge >= 0.3 is 5.97 Å². The SMILES string of the molecule is COC(=O)Cc1ccc2c(c1)NC(=O)C(CCCl)O2. The summed E-state index contributed by atoms with van der Waals surface area (Å²) in [6.45, 7) is 0. The van der Waals surface area contributed by atoms with Crippen molar-refractivity contribution < 1.29 is 19.1 Å². The summed E-state index contributed by atoms with van der Waals surface area (Å²) in [6.07, 6.45) is 0.0538. The molecule has 1 aliphatic heterocycles. The first kappa shape index (κ1) is 13.7. The lowest BCUT2D eigenvalue weighted by Gasteiger charge is -2.25. The van der Waals surface area contributed by atoms with Crippen molar-refractivity contribution in [1.29, 1.82) is 0 Å². The van der Waals surface area contributed by atoms with Crippen LogP contribution in [0.15, 0.2) is 18.2 Å². The topological polar surface area (TPSA) is 64.6 Å². The molecule has 0 saturated carbocycles. The van der Waals surface area contributed by atoms with Gasteiger partial charge in [-0.05, 0) is 17.7 Å². The number of hydrogen-bond acceptors (Lipinski definition) is 4. The van der Waals surface area contributed by atoms with Crippen LogP contribution in [-0.4, -0.2) is 31.0 Å². The second-order valence-corrected chi connectivity index (χ2v) is 4.53. The van der Waals surface area contributed by atoms with E-state index in [9.17, 15) is 9.59 Å². The maximum atomic E-state index is 11.8. The molecule has 0 bridgehead atoms. The highest BCUT2D eigenvalue weighted by Crippen LogP contribution is 2.31. The Labute approximate surface area is 115 Å². The second-order valence-electron chi connectivity index (χ2n) is 4.16. The molecule has 2 rings (SSSR count). The van der Waals surface area contributed by atoms with Gasteiger partial charge in [0.15, 0.2) is 6.10 Å². The summed E-state index contributed by atoms with van der Waals surface area (Å²) in [5, 5.41) is 2.75. The van der Waals surface area contributed by atoms with Gasteiger partial charge in [-0.3, -0.25) is 9.59 Å². The predicted octanol–water partition coefficient (Wildman–Crippen LogP) is 1.73. The third-order valence-electron chi connectivity index (χ3n) is 2.81. The molecule has 0 aromatic heterocycles. The standard InChI is InChI=1S/C13H14ClNO4/c1-18-12(16)7-8-2-3-10-9(6-8)15-13(17)11(19-10)4-5-14/h2-3,6,11H,4-5,7H2,1H3,(H,15,17). The van der Waals surface area contributed by atoms with Crippen LogP contribution >= 0.6 is 11.6 Å². The molecule has 1 heterocycles. The lowest BCUT2D eigenvalue weighted by Crippen LogP contribution is -2.37. The van der Waals surface area contributed by atoms with Crippen molar-refractivity contribution in [2.75, 3.05) is 18.3 Å². The van der Waals surface area contributed by atoms with Crippen LogP contribution in [0, 0.1) is 0 Å². The van der Waals surface area contributed by atoms with Gasteiger partial charge in [-0.1, -0.05) is 6.07 Å². The largest absolute Gasteiger partial charge is 0.478 e. The third kappa shape index (κ3) is 3.17. The van der Waals surface area contributed by atoms with E-state index in [1.54, 1.807) is 18.2 Å². The molecule has 0 spiro atoms. The van der Waals surface area contributed by atoms with Gasteiger partial charge in [-0.25, -0.2) is 0 Å². The molecule has 1 atom stereocenters. The summed E-state index contributed by atoms with van der Waals surface area (Å²) in [5.74, 6) is 0.392. The summed E-state index contributed by atoms with van der Waals surface area (Å²) in [4.78, 5) is 22.9. The highest BCUT2D eigenvalue weighted by molar-refractivity contribution is 6.18. The number of anilines is 1. The van der Waals surface area contributed by atoms with Crippen LogP contribution in [0.5, 0.6) is 5.75 Å². The smallest absolute Gasteiger partial charge is 0.309 e. The molecule has 0 saturated heterocycles. The summed E-state index contributed by atoms with van der Waals surface area (Å²) in [6, 6.07) is 5.21. The average Bonchev–Trinajstić information content (AvgIpc) is 2.40. The average molecular weight is 284 g/mol. The molecule has 1 aromatic carbocycles. The number of carbonyl (C=O) groups is 2. The predicted molar refractivity (Wildman–Crippen MR) is 70.5 cm³/mol. The van der Waals surface area contributed by atoms with Crippen LogP contribution in [-0.2, 0) is 20.7 Å². The first-order valence-electron chi connectivity index (χ1n) is 5.87. The van der Waals surface area contributed by atoms with E-state index in [0.29, 0.717) is 23.7 Å². The highest BCUT2D eigenvalue weighted by Gasteiger charge is 2.27. The normalized spacial score (nSPS) is 17.2. The minimum atomic E-state index is -0.559. The van der Waals surface area contributed by atoms with Gasteiger partial charge in [-0.15, -0.1) is 11.6 Å². The number of methoxy groups -OCH3 is 1. The second kappa shape index (κ2) is 5.93. The number of benzene rings is 1. The molecule has 6 heteroatoms. The van der Waals surface area contributed by atoms with E-state index in [0.717, 1.165) is 5.56 Å². The highest BCUT2D eigenvalue weighted by atomic mass is 35.5. The van der Waals surface area contributed by atoms with E-state index in [2.05, 4.69) is 10.1 Å². The van der Waals surface area contributed by atoms with Crippen LogP contribution in [0.3, 0.4) is 0 Å². The van der Waals surface area contributed by atoms with E-state index in [-0.39, 0.29) is 18.3 Å². The van der Waals surface area contributed by atoms with E-state index < -0.39 is 6.10 Å². The van der Waals surface area contributed by atoms with Crippen molar-refractivity contribution in [3.05, 3.63) is 23.8 Å². The molecule has 1 unspecified atom stereocenters. The summed E-state index contributed by atoms with van der Waals surface area (Å²) in [7, 11) is 1.34. The Balaban J connectivity index is 2.16. The molecule has 1 aliphatic rings. The number of esters is 1. The number of fused-ring (bicyclic) bond motifs is 1. The van der Waals surface area contributed by atoms with Crippen LogP contribution < -0.4 is 10.1 Å². The van der Waals surface area contributed by atoms with Crippen molar-refractivity contribution in [3.63, 3.8) is 0 Å². The van der Waals surface area contributed by atoms with E-state index >= 15 is 0 Å². The minimum Gasteiger partial charge on any atom is -0.478 e. The monoisotopic (exact) mass is 283 g/mol. The Morgan fingerprint density at radius 1 is 1.53 bits per heavy atom. The van der Waals surface area contributed by atoms with Crippen molar-refractivity contribution >= 4 is 29.2 Å². The number of hydrogen-bond donors (Lipinski definition) is 1. The van der Waals surface area contributed by atoms with Gasteiger partial charge in [-0.2, -0.15) is 0 Å². The number of alkyl halides is 1. The number of rotatable bonds is 4. The first-order chi connectivity index (χ1) is 9.13. The first-order valence-corrected chi connectivity index (χ1v) is 6.40. The summed E-state index contributed by atoms with van der Waals surface area (Å²) < 4.78 is 10.2. The fourth-order valence-corrected chi connectivity index (χ4v) is 2.03. The van der Waals surface area contributed by atoms with Gasteiger partial charge in [0, 0.05) is 12.3 Å². The van der Waals surface area contributed by atoms with Crippen molar-refractivity contribution in [2.45, 2.75) is 18.9 Å². The maximum absolute atomic E-state index is 11.8. The molecular weight excluding hydrogens is 270 g/mol. The van der Waals surface area contributed by atoms with E-state index in [4.69, 9.17) is 16.3 Å². The zero-order valence-electron chi connectivity index (χ0n) is 10.4. The van der Waals surface area contributed by atoms with Gasteiger partial charge in [0.2, 0.25) is 0 Å². The van der Waals surface area contributed by atoms with E-state index in [1.807, 2.05) is 0 Å². The molecular formula is C13H14ClNO4. The number of amides is 1. The van der Waals surface area contributed by atoms with Crippen molar-refractivity contribution in [1.82, 2.24) is 0 Å². The van der Waals surface area contributed by atoms with Crippen molar-refractivity contribution in [3.8, 4) is 5.75 Å². The van der Waals surface area contributed by atoms with Crippen LogP contribution in [0.25, 0.3) is 0 Å².